The van der Waals surface area contributed by atoms with E-state index in [0.717, 1.165) is 10.4 Å². The molecular formula is C15H21NO6S. The SMILES string of the molecule is CCOC(=O)c1c(NC(=O)COC(=O)COC)sc(C)c1CC. The maximum Gasteiger partial charge on any atom is 0.341 e. The van der Waals surface area contributed by atoms with E-state index in [4.69, 9.17) is 9.47 Å². The minimum absolute atomic E-state index is 0.223. The fourth-order valence-corrected chi connectivity index (χ4v) is 3.13. The van der Waals surface area contributed by atoms with Crippen LogP contribution in [0, 0.1) is 6.92 Å². The van der Waals surface area contributed by atoms with Crippen molar-refractivity contribution < 1.29 is 28.6 Å². The average Bonchev–Trinajstić information content (AvgIpc) is 2.81. The Kier molecular flexibility index (Phi) is 7.70. The zero-order valence-corrected chi connectivity index (χ0v) is 14.5. The molecule has 0 aliphatic carbocycles. The molecule has 128 valence electrons. The van der Waals surface area contributed by atoms with E-state index < -0.39 is 24.5 Å². The van der Waals surface area contributed by atoms with E-state index in [2.05, 4.69) is 10.1 Å². The summed E-state index contributed by atoms with van der Waals surface area (Å²) in [5.74, 6) is -1.63. The first-order valence-electron chi connectivity index (χ1n) is 7.18. The lowest BCUT2D eigenvalue weighted by atomic mass is 10.1. The van der Waals surface area contributed by atoms with Crippen LogP contribution in [0.15, 0.2) is 0 Å². The lowest BCUT2D eigenvalue weighted by Crippen LogP contribution is -2.23. The van der Waals surface area contributed by atoms with Gasteiger partial charge in [-0.3, -0.25) is 4.79 Å². The number of carbonyl (C=O) groups excluding carboxylic acids is 3. The van der Waals surface area contributed by atoms with Crippen LogP contribution < -0.4 is 5.32 Å². The minimum atomic E-state index is -0.634. The lowest BCUT2D eigenvalue weighted by Gasteiger charge is -2.08. The van der Waals surface area contributed by atoms with Gasteiger partial charge in [-0.1, -0.05) is 6.92 Å². The summed E-state index contributed by atoms with van der Waals surface area (Å²) in [7, 11) is 1.35. The van der Waals surface area contributed by atoms with Gasteiger partial charge in [0, 0.05) is 12.0 Å². The molecule has 0 aliphatic heterocycles. The fourth-order valence-electron chi connectivity index (χ4n) is 1.98. The van der Waals surface area contributed by atoms with Crippen molar-refractivity contribution in [2.75, 3.05) is 32.2 Å². The predicted octanol–water partition coefficient (Wildman–Crippen LogP) is 1.92. The highest BCUT2D eigenvalue weighted by atomic mass is 32.1. The van der Waals surface area contributed by atoms with Gasteiger partial charge in [0.1, 0.15) is 11.6 Å². The molecule has 1 heterocycles. The molecule has 0 bridgehead atoms. The first-order valence-corrected chi connectivity index (χ1v) is 7.99. The van der Waals surface area contributed by atoms with Crippen molar-refractivity contribution >= 4 is 34.2 Å². The van der Waals surface area contributed by atoms with Crippen LogP contribution in [-0.2, 0) is 30.2 Å². The van der Waals surface area contributed by atoms with Gasteiger partial charge in [-0.05, 0) is 25.8 Å². The number of amides is 1. The molecule has 0 unspecified atom stereocenters. The lowest BCUT2D eigenvalue weighted by molar-refractivity contribution is -0.150. The number of hydrogen-bond acceptors (Lipinski definition) is 7. The molecule has 0 saturated heterocycles. The second kappa shape index (κ2) is 9.26. The van der Waals surface area contributed by atoms with E-state index >= 15 is 0 Å². The molecular weight excluding hydrogens is 322 g/mol. The first-order chi connectivity index (χ1) is 10.9. The van der Waals surface area contributed by atoms with Crippen molar-refractivity contribution in [3.8, 4) is 0 Å². The van der Waals surface area contributed by atoms with Gasteiger partial charge in [-0.15, -0.1) is 11.3 Å². The van der Waals surface area contributed by atoms with Crippen LogP contribution in [-0.4, -0.2) is 44.8 Å². The number of nitrogens with one attached hydrogen (secondary N) is 1. The fraction of sp³-hybridized carbons (Fsp3) is 0.533. The van der Waals surface area contributed by atoms with E-state index in [1.54, 1.807) is 6.92 Å². The molecule has 7 nitrogen and oxygen atoms in total. The van der Waals surface area contributed by atoms with Crippen LogP contribution in [0.25, 0.3) is 0 Å². The molecule has 0 fully saturated rings. The summed E-state index contributed by atoms with van der Waals surface area (Å²) >= 11 is 1.29. The third kappa shape index (κ3) is 5.33. The van der Waals surface area contributed by atoms with Crippen molar-refractivity contribution in [2.24, 2.45) is 0 Å². The molecule has 0 saturated carbocycles. The van der Waals surface area contributed by atoms with Crippen LogP contribution >= 0.6 is 11.3 Å². The molecule has 0 spiro atoms. The number of rotatable bonds is 8. The molecule has 1 aromatic heterocycles. The second-order valence-corrected chi connectivity index (χ2v) is 5.78. The zero-order chi connectivity index (χ0) is 17.4. The third-order valence-corrected chi connectivity index (χ3v) is 3.98. The van der Waals surface area contributed by atoms with Gasteiger partial charge in [0.2, 0.25) is 0 Å². The summed E-state index contributed by atoms with van der Waals surface area (Å²) in [6.45, 7) is 5.11. The Balaban J connectivity index is 2.85. The van der Waals surface area contributed by atoms with Gasteiger partial charge in [0.05, 0.1) is 12.2 Å². The van der Waals surface area contributed by atoms with Crippen LogP contribution in [0.4, 0.5) is 5.00 Å². The first kappa shape index (κ1) is 19.1. The number of hydrogen-bond donors (Lipinski definition) is 1. The van der Waals surface area contributed by atoms with Gasteiger partial charge in [-0.25, -0.2) is 9.59 Å². The van der Waals surface area contributed by atoms with E-state index in [1.165, 1.54) is 18.4 Å². The number of thiophene rings is 1. The maximum absolute atomic E-state index is 12.1. The topological polar surface area (TPSA) is 90.9 Å². The van der Waals surface area contributed by atoms with E-state index in [-0.39, 0.29) is 13.2 Å². The summed E-state index contributed by atoms with van der Waals surface area (Å²) in [5.41, 5.74) is 1.22. The van der Waals surface area contributed by atoms with Crippen molar-refractivity contribution in [2.45, 2.75) is 27.2 Å². The smallest absolute Gasteiger partial charge is 0.341 e. The molecule has 0 atom stereocenters. The largest absolute Gasteiger partial charge is 0.462 e. The van der Waals surface area contributed by atoms with Crippen molar-refractivity contribution in [3.05, 3.63) is 16.0 Å². The number of methoxy groups -OCH3 is 1. The molecule has 0 radical (unpaired) electrons. The second-order valence-electron chi connectivity index (χ2n) is 4.56. The van der Waals surface area contributed by atoms with E-state index in [9.17, 15) is 14.4 Å². The van der Waals surface area contributed by atoms with Crippen LogP contribution in [0.3, 0.4) is 0 Å². The highest BCUT2D eigenvalue weighted by molar-refractivity contribution is 7.16. The maximum atomic E-state index is 12.1. The molecule has 1 amide bonds. The predicted molar refractivity (Wildman–Crippen MR) is 85.9 cm³/mol. The normalized spacial score (nSPS) is 10.3. The molecule has 23 heavy (non-hydrogen) atoms. The van der Waals surface area contributed by atoms with E-state index in [1.807, 2.05) is 13.8 Å². The van der Waals surface area contributed by atoms with Gasteiger partial charge in [0.15, 0.2) is 6.61 Å². The Morgan fingerprint density at radius 1 is 1.13 bits per heavy atom. The minimum Gasteiger partial charge on any atom is -0.462 e. The van der Waals surface area contributed by atoms with Crippen molar-refractivity contribution in [1.82, 2.24) is 0 Å². The van der Waals surface area contributed by atoms with Gasteiger partial charge in [-0.2, -0.15) is 0 Å². The van der Waals surface area contributed by atoms with E-state index in [0.29, 0.717) is 17.0 Å². The highest BCUT2D eigenvalue weighted by Crippen LogP contribution is 2.34. The third-order valence-electron chi connectivity index (χ3n) is 2.92. The molecule has 1 aromatic rings. The molecule has 8 heteroatoms. The molecule has 0 aromatic carbocycles. The monoisotopic (exact) mass is 343 g/mol. The molecule has 1 N–H and O–H groups in total. The van der Waals surface area contributed by atoms with Crippen molar-refractivity contribution in [1.29, 1.82) is 0 Å². The van der Waals surface area contributed by atoms with Crippen molar-refractivity contribution in [3.63, 3.8) is 0 Å². The molecule has 1 rings (SSSR count). The summed E-state index contributed by atoms with van der Waals surface area (Å²) in [5, 5.41) is 3.01. The van der Waals surface area contributed by atoms with Crippen LogP contribution in [0.1, 0.15) is 34.6 Å². The summed E-state index contributed by atoms with van der Waals surface area (Å²) < 4.78 is 14.4. The average molecular weight is 343 g/mol. The van der Waals surface area contributed by atoms with Gasteiger partial charge < -0.3 is 19.5 Å². The Hall–Kier alpha value is -1.93. The van der Waals surface area contributed by atoms with Crippen LogP contribution in [0.2, 0.25) is 0 Å². The number of anilines is 1. The Labute approximate surface area is 138 Å². The Morgan fingerprint density at radius 2 is 1.83 bits per heavy atom. The summed E-state index contributed by atoms with van der Waals surface area (Å²) in [4.78, 5) is 36.1. The highest BCUT2D eigenvalue weighted by Gasteiger charge is 2.23. The number of aryl methyl sites for hydroxylation is 1. The quantitative estimate of drug-likeness (QED) is 0.725. The summed E-state index contributed by atoms with van der Waals surface area (Å²) in [6.07, 6.45) is 0.648. The van der Waals surface area contributed by atoms with Crippen LogP contribution in [0.5, 0.6) is 0 Å². The number of ether oxygens (including phenoxy) is 3. The van der Waals surface area contributed by atoms with Gasteiger partial charge >= 0.3 is 11.9 Å². The number of carbonyl (C=O) groups is 3. The molecule has 0 aliphatic rings. The Bertz CT molecular complexity index is 581. The zero-order valence-electron chi connectivity index (χ0n) is 13.7. The number of esters is 2. The summed E-state index contributed by atoms with van der Waals surface area (Å²) in [6, 6.07) is 0. The van der Waals surface area contributed by atoms with Gasteiger partial charge in [0.25, 0.3) is 5.91 Å². The Morgan fingerprint density at radius 3 is 2.39 bits per heavy atom. The standard InChI is InChI=1S/C15H21NO6S/c1-5-10-9(3)23-14(13(10)15(19)21-6-2)16-11(17)7-22-12(18)8-20-4/h5-8H2,1-4H3,(H,16,17).